The van der Waals surface area contributed by atoms with Gasteiger partial charge in [0.05, 0.1) is 23.7 Å². The van der Waals surface area contributed by atoms with Gasteiger partial charge in [-0.25, -0.2) is 0 Å². The first-order chi connectivity index (χ1) is 6.70. The number of Topliss-reactive ketones (excluding diaryl/α,β-unsaturated/α-hetero) is 1. The molecule has 1 aromatic rings. The molecule has 0 bridgehead atoms. The Labute approximate surface area is 91.6 Å². The van der Waals surface area contributed by atoms with Crippen molar-refractivity contribution >= 4 is 21.7 Å². The fourth-order valence-corrected chi connectivity index (χ4v) is 1.72. The minimum Gasteiger partial charge on any atom is -0.495 e. The van der Waals surface area contributed by atoms with Crippen LogP contribution in [0.15, 0.2) is 22.7 Å². The molecule has 0 saturated heterocycles. The number of rotatable bonds is 4. The summed E-state index contributed by atoms with van der Waals surface area (Å²) >= 11 is 3.33. The largest absolute Gasteiger partial charge is 0.495 e. The van der Waals surface area contributed by atoms with Crippen molar-refractivity contribution in [2.24, 2.45) is 0 Å². The molecule has 0 aromatic heterocycles. The molecule has 0 heterocycles. The van der Waals surface area contributed by atoms with Crippen LogP contribution in [0.3, 0.4) is 0 Å². The van der Waals surface area contributed by atoms with Gasteiger partial charge in [0.2, 0.25) is 0 Å². The standard InChI is InChI=1S/C10H12BrNO2/c1-12-6-9(13)7-4-3-5-8(11)10(7)14-2/h3-5,12H,6H2,1-2H3. The predicted octanol–water partition coefficient (Wildman–Crippen LogP) is 1.86. The van der Waals surface area contributed by atoms with E-state index in [0.717, 1.165) is 4.47 Å². The van der Waals surface area contributed by atoms with Crippen molar-refractivity contribution in [3.05, 3.63) is 28.2 Å². The molecular formula is C10H12BrNO2. The van der Waals surface area contributed by atoms with Gasteiger partial charge in [-0.2, -0.15) is 0 Å². The number of para-hydroxylation sites is 1. The third-order valence-corrected chi connectivity index (χ3v) is 2.43. The summed E-state index contributed by atoms with van der Waals surface area (Å²) in [5.41, 5.74) is 0.594. The summed E-state index contributed by atoms with van der Waals surface area (Å²) in [5.74, 6) is 0.610. The highest BCUT2D eigenvalue weighted by Crippen LogP contribution is 2.28. The fourth-order valence-electron chi connectivity index (χ4n) is 1.19. The van der Waals surface area contributed by atoms with Crippen molar-refractivity contribution in [2.75, 3.05) is 20.7 Å². The van der Waals surface area contributed by atoms with E-state index in [9.17, 15) is 4.79 Å². The number of carbonyl (C=O) groups excluding carboxylic acids is 1. The maximum absolute atomic E-state index is 11.6. The van der Waals surface area contributed by atoms with Gasteiger partial charge < -0.3 is 10.1 Å². The van der Waals surface area contributed by atoms with Crippen molar-refractivity contribution in [1.29, 1.82) is 0 Å². The molecule has 4 heteroatoms. The van der Waals surface area contributed by atoms with Crippen LogP contribution >= 0.6 is 15.9 Å². The highest BCUT2D eigenvalue weighted by Gasteiger charge is 2.13. The predicted molar refractivity (Wildman–Crippen MR) is 59.0 cm³/mol. The second kappa shape index (κ2) is 5.12. The third-order valence-electron chi connectivity index (χ3n) is 1.81. The Bertz CT molecular complexity index is 339. The molecular weight excluding hydrogens is 246 g/mol. The number of ether oxygens (including phenoxy) is 1. The maximum Gasteiger partial charge on any atom is 0.180 e. The normalized spacial score (nSPS) is 9.93. The molecule has 3 nitrogen and oxygen atoms in total. The molecule has 0 aliphatic heterocycles. The van der Waals surface area contributed by atoms with E-state index in [1.807, 2.05) is 12.1 Å². The smallest absolute Gasteiger partial charge is 0.180 e. The molecule has 0 atom stereocenters. The second-order valence-corrected chi connectivity index (χ2v) is 3.63. The number of methoxy groups -OCH3 is 1. The summed E-state index contributed by atoms with van der Waals surface area (Å²) in [6.45, 7) is 0.312. The Morgan fingerprint density at radius 2 is 2.29 bits per heavy atom. The van der Waals surface area contributed by atoms with Crippen LogP contribution in [0.2, 0.25) is 0 Å². The van der Waals surface area contributed by atoms with Crippen molar-refractivity contribution in [3.63, 3.8) is 0 Å². The van der Waals surface area contributed by atoms with Crippen LogP contribution in [0.25, 0.3) is 0 Å². The highest BCUT2D eigenvalue weighted by atomic mass is 79.9. The Morgan fingerprint density at radius 1 is 1.57 bits per heavy atom. The molecule has 0 fully saturated rings. The molecule has 0 aliphatic carbocycles. The van der Waals surface area contributed by atoms with Crippen molar-refractivity contribution in [3.8, 4) is 5.75 Å². The van der Waals surface area contributed by atoms with Crippen LogP contribution < -0.4 is 10.1 Å². The first kappa shape index (κ1) is 11.2. The van der Waals surface area contributed by atoms with E-state index in [1.54, 1.807) is 20.2 Å². The number of likely N-dealkylation sites (N-methyl/N-ethyl adjacent to an activating group) is 1. The van der Waals surface area contributed by atoms with Gasteiger partial charge in [-0.05, 0) is 35.1 Å². The van der Waals surface area contributed by atoms with Gasteiger partial charge >= 0.3 is 0 Å². The van der Waals surface area contributed by atoms with Gasteiger partial charge in [0.25, 0.3) is 0 Å². The zero-order valence-corrected chi connectivity index (χ0v) is 9.72. The Kier molecular flexibility index (Phi) is 4.10. The Morgan fingerprint density at radius 3 is 2.86 bits per heavy atom. The van der Waals surface area contributed by atoms with Crippen LogP contribution in [0.1, 0.15) is 10.4 Å². The maximum atomic E-state index is 11.6. The van der Waals surface area contributed by atoms with Crippen LogP contribution in [-0.4, -0.2) is 26.5 Å². The summed E-state index contributed by atoms with van der Waals surface area (Å²) in [4.78, 5) is 11.6. The molecule has 0 saturated carbocycles. The van der Waals surface area contributed by atoms with Gasteiger partial charge in [0.1, 0.15) is 5.75 Å². The lowest BCUT2D eigenvalue weighted by Gasteiger charge is -2.08. The Hall–Kier alpha value is -0.870. The zero-order valence-electron chi connectivity index (χ0n) is 8.13. The monoisotopic (exact) mass is 257 g/mol. The van der Waals surface area contributed by atoms with Crippen LogP contribution in [0.4, 0.5) is 0 Å². The molecule has 0 aliphatic rings. The summed E-state index contributed by atoms with van der Waals surface area (Å²) in [6, 6.07) is 5.41. The van der Waals surface area contributed by atoms with E-state index in [-0.39, 0.29) is 5.78 Å². The molecule has 0 spiro atoms. The molecule has 1 rings (SSSR count). The van der Waals surface area contributed by atoms with E-state index in [4.69, 9.17) is 4.74 Å². The molecule has 14 heavy (non-hydrogen) atoms. The van der Waals surface area contributed by atoms with Crippen LogP contribution in [-0.2, 0) is 0 Å². The van der Waals surface area contributed by atoms with Gasteiger partial charge in [-0.1, -0.05) is 6.07 Å². The third kappa shape index (κ3) is 2.33. The number of nitrogens with one attached hydrogen (secondary N) is 1. The second-order valence-electron chi connectivity index (χ2n) is 2.77. The number of halogens is 1. The average Bonchev–Trinajstić information content (AvgIpc) is 2.17. The van der Waals surface area contributed by atoms with Gasteiger partial charge in [-0.15, -0.1) is 0 Å². The summed E-state index contributed by atoms with van der Waals surface area (Å²) < 4.78 is 5.94. The number of carbonyl (C=O) groups is 1. The lowest BCUT2D eigenvalue weighted by molar-refractivity contribution is 0.0990. The van der Waals surface area contributed by atoms with Gasteiger partial charge in [0, 0.05) is 0 Å². The SMILES string of the molecule is CNCC(=O)c1cccc(Br)c1OC. The number of hydrogen-bond donors (Lipinski definition) is 1. The molecule has 0 radical (unpaired) electrons. The minimum atomic E-state index is 0.0191. The summed E-state index contributed by atoms with van der Waals surface area (Å²) in [7, 11) is 3.29. The van der Waals surface area contributed by atoms with E-state index in [1.165, 1.54) is 0 Å². The molecule has 1 N–H and O–H groups in total. The molecule has 0 unspecified atom stereocenters. The minimum absolute atomic E-state index is 0.0191. The number of ketones is 1. The quantitative estimate of drug-likeness (QED) is 0.838. The highest BCUT2D eigenvalue weighted by molar-refractivity contribution is 9.10. The number of hydrogen-bond acceptors (Lipinski definition) is 3. The van der Waals surface area contributed by atoms with E-state index in [0.29, 0.717) is 17.9 Å². The summed E-state index contributed by atoms with van der Waals surface area (Å²) in [5, 5.41) is 2.82. The van der Waals surface area contributed by atoms with E-state index in [2.05, 4.69) is 21.2 Å². The topological polar surface area (TPSA) is 38.3 Å². The van der Waals surface area contributed by atoms with Crippen LogP contribution in [0.5, 0.6) is 5.75 Å². The lowest BCUT2D eigenvalue weighted by Crippen LogP contribution is -2.19. The Balaban J connectivity index is 3.07. The van der Waals surface area contributed by atoms with Gasteiger partial charge in [-0.3, -0.25) is 4.79 Å². The zero-order chi connectivity index (χ0) is 10.6. The summed E-state index contributed by atoms with van der Waals surface area (Å²) in [6.07, 6.45) is 0. The fraction of sp³-hybridized carbons (Fsp3) is 0.300. The van der Waals surface area contributed by atoms with E-state index < -0.39 is 0 Å². The molecule has 1 aromatic carbocycles. The van der Waals surface area contributed by atoms with Crippen molar-refractivity contribution in [1.82, 2.24) is 5.32 Å². The van der Waals surface area contributed by atoms with Crippen molar-refractivity contribution in [2.45, 2.75) is 0 Å². The average molecular weight is 258 g/mol. The first-order valence-corrected chi connectivity index (χ1v) is 5.00. The molecule has 76 valence electrons. The lowest BCUT2D eigenvalue weighted by atomic mass is 10.1. The molecule has 0 amide bonds. The van der Waals surface area contributed by atoms with E-state index >= 15 is 0 Å². The number of benzene rings is 1. The van der Waals surface area contributed by atoms with Crippen LogP contribution in [0, 0.1) is 0 Å². The van der Waals surface area contributed by atoms with Gasteiger partial charge in [0.15, 0.2) is 5.78 Å². The first-order valence-electron chi connectivity index (χ1n) is 4.21. The van der Waals surface area contributed by atoms with Crippen molar-refractivity contribution < 1.29 is 9.53 Å².